The van der Waals surface area contributed by atoms with E-state index in [1.54, 1.807) is 26.2 Å². The highest BCUT2D eigenvalue weighted by molar-refractivity contribution is 7.89. The van der Waals surface area contributed by atoms with Gasteiger partial charge in [-0.25, -0.2) is 13.6 Å². The van der Waals surface area contributed by atoms with Crippen LogP contribution in [0.25, 0.3) is 0 Å². The van der Waals surface area contributed by atoms with Crippen LogP contribution in [0.1, 0.15) is 18.5 Å². The predicted molar refractivity (Wildman–Crippen MR) is 72.9 cm³/mol. The molecule has 1 aromatic carbocycles. The second-order valence-corrected chi connectivity index (χ2v) is 6.07. The minimum absolute atomic E-state index is 0.0204. The predicted octanol–water partition coefficient (Wildman–Crippen LogP) is 0.0728. The smallest absolute Gasteiger partial charge is 0.238 e. The number of nitrogens with two attached hydrogens (primary N) is 1. The van der Waals surface area contributed by atoms with E-state index in [1.807, 2.05) is 6.92 Å². The Kier molecular flexibility index (Phi) is 5.04. The van der Waals surface area contributed by atoms with Crippen LogP contribution < -0.4 is 10.5 Å². The summed E-state index contributed by atoms with van der Waals surface area (Å²) in [6, 6.07) is 6.21. The molecule has 0 fully saturated rings. The molecule has 19 heavy (non-hydrogen) atoms. The summed E-state index contributed by atoms with van der Waals surface area (Å²) in [7, 11) is -0.283. The molecule has 0 heterocycles. The number of nitrogens with one attached hydrogen (secondary N) is 1. The molecule has 0 radical (unpaired) electrons. The summed E-state index contributed by atoms with van der Waals surface area (Å²) in [6.07, 6.45) is 0. The van der Waals surface area contributed by atoms with Crippen LogP contribution in [0.5, 0.6) is 0 Å². The normalized spacial score (nSPS) is 13.1. The maximum atomic E-state index is 11.4. The van der Waals surface area contributed by atoms with Crippen LogP contribution in [0, 0.1) is 0 Å². The number of carbonyl (C=O) groups is 1. The zero-order chi connectivity index (χ0) is 14.6. The number of hydrogen-bond donors (Lipinski definition) is 2. The van der Waals surface area contributed by atoms with Gasteiger partial charge in [0.25, 0.3) is 0 Å². The Balaban J connectivity index is 2.68. The van der Waals surface area contributed by atoms with Gasteiger partial charge in [0.05, 0.1) is 11.4 Å². The first-order valence-corrected chi connectivity index (χ1v) is 7.32. The third kappa shape index (κ3) is 4.62. The summed E-state index contributed by atoms with van der Waals surface area (Å²) in [5.74, 6) is -0.0204. The van der Waals surface area contributed by atoms with Crippen LogP contribution in [-0.4, -0.2) is 39.9 Å². The third-order valence-electron chi connectivity index (χ3n) is 2.77. The highest BCUT2D eigenvalue weighted by Crippen LogP contribution is 2.15. The van der Waals surface area contributed by atoms with Crippen molar-refractivity contribution < 1.29 is 13.2 Å². The monoisotopic (exact) mass is 285 g/mol. The van der Waals surface area contributed by atoms with Gasteiger partial charge in [0.1, 0.15) is 0 Å². The van der Waals surface area contributed by atoms with Gasteiger partial charge >= 0.3 is 0 Å². The van der Waals surface area contributed by atoms with Gasteiger partial charge in [-0.2, -0.15) is 0 Å². The molecule has 0 saturated heterocycles. The van der Waals surface area contributed by atoms with E-state index in [9.17, 15) is 13.2 Å². The molecule has 0 aromatic heterocycles. The molecule has 0 spiro atoms. The first-order valence-electron chi connectivity index (χ1n) is 5.78. The second kappa shape index (κ2) is 6.14. The molecule has 0 aliphatic heterocycles. The SMILES string of the molecule is CC(NCC(=O)N(C)C)c1ccc(S(N)(=O)=O)cc1. The zero-order valence-corrected chi connectivity index (χ0v) is 12.1. The molecule has 0 aliphatic carbocycles. The summed E-state index contributed by atoms with van der Waals surface area (Å²) >= 11 is 0. The summed E-state index contributed by atoms with van der Waals surface area (Å²) in [6.45, 7) is 2.12. The number of hydrogen-bond acceptors (Lipinski definition) is 4. The molecule has 1 unspecified atom stereocenters. The molecule has 1 amide bonds. The number of rotatable bonds is 5. The van der Waals surface area contributed by atoms with Crippen molar-refractivity contribution in [1.82, 2.24) is 10.2 Å². The Hall–Kier alpha value is -1.44. The minimum atomic E-state index is -3.66. The number of benzene rings is 1. The lowest BCUT2D eigenvalue weighted by Crippen LogP contribution is -2.34. The van der Waals surface area contributed by atoms with Crippen molar-refractivity contribution in [2.45, 2.75) is 17.9 Å². The molecule has 0 saturated carbocycles. The Morgan fingerprint density at radius 2 is 1.84 bits per heavy atom. The molecule has 3 N–H and O–H groups in total. The molecular formula is C12H19N3O3S. The number of likely N-dealkylation sites (N-methyl/N-ethyl adjacent to an activating group) is 1. The van der Waals surface area contributed by atoms with Crippen molar-refractivity contribution in [2.75, 3.05) is 20.6 Å². The molecule has 1 rings (SSSR count). The number of primary sulfonamides is 1. The molecule has 0 bridgehead atoms. The summed E-state index contributed by atoms with van der Waals surface area (Å²) in [5, 5.41) is 8.09. The number of amides is 1. The van der Waals surface area contributed by atoms with Gasteiger partial charge in [-0.15, -0.1) is 0 Å². The fourth-order valence-electron chi connectivity index (χ4n) is 1.46. The maximum absolute atomic E-state index is 11.4. The molecule has 7 heteroatoms. The van der Waals surface area contributed by atoms with E-state index in [-0.39, 0.29) is 23.4 Å². The third-order valence-corrected chi connectivity index (χ3v) is 3.70. The highest BCUT2D eigenvalue weighted by Gasteiger charge is 2.11. The van der Waals surface area contributed by atoms with E-state index in [0.717, 1.165) is 5.56 Å². The number of nitrogens with zero attached hydrogens (tertiary/aromatic N) is 1. The fraction of sp³-hybridized carbons (Fsp3) is 0.417. The molecule has 6 nitrogen and oxygen atoms in total. The Morgan fingerprint density at radius 1 is 1.32 bits per heavy atom. The van der Waals surface area contributed by atoms with Gasteiger partial charge in [-0.05, 0) is 24.6 Å². The highest BCUT2D eigenvalue weighted by atomic mass is 32.2. The maximum Gasteiger partial charge on any atom is 0.238 e. The minimum Gasteiger partial charge on any atom is -0.348 e. The first kappa shape index (κ1) is 15.6. The van der Waals surface area contributed by atoms with Crippen LogP contribution in [0.15, 0.2) is 29.2 Å². The average Bonchev–Trinajstić information content (AvgIpc) is 2.34. The lowest BCUT2D eigenvalue weighted by atomic mass is 10.1. The van der Waals surface area contributed by atoms with Gasteiger partial charge in [-0.1, -0.05) is 12.1 Å². The van der Waals surface area contributed by atoms with E-state index < -0.39 is 10.0 Å². The Labute approximate surface area is 113 Å². The van der Waals surface area contributed by atoms with Gasteiger partial charge in [-0.3, -0.25) is 4.79 Å². The van der Waals surface area contributed by atoms with Gasteiger partial charge in [0.2, 0.25) is 15.9 Å². The lowest BCUT2D eigenvalue weighted by molar-refractivity contribution is -0.127. The fourth-order valence-corrected chi connectivity index (χ4v) is 1.98. The number of sulfonamides is 1. The molecule has 1 aromatic rings. The Bertz CT molecular complexity index is 538. The topological polar surface area (TPSA) is 92.5 Å². The van der Waals surface area contributed by atoms with E-state index in [1.165, 1.54) is 17.0 Å². The summed E-state index contributed by atoms with van der Waals surface area (Å²) in [4.78, 5) is 13.0. The molecule has 106 valence electrons. The average molecular weight is 285 g/mol. The number of carbonyl (C=O) groups excluding carboxylic acids is 1. The van der Waals surface area contributed by atoms with Gasteiger partial charge in [0, 0.05) is 20.1 Å². The Morgan fingerprint density at radius 3 is 2.26 bits per heavy atom. The van der Waals surface area contributed by atoms with Crippen LogP contribution in [0.2, 0.25) is 0 Å². The van der Waals surface area contributed by atoms with Crippen molar-refractivity contribution in [3.8, 4) is 0 Å². The molecule has 0 aliphatic rings. The van der Waals surface area contributed by atoms with Crippen molar-refractivity contribution in [3.05, 3.63) is 29.8 Å². The first-order chi connectivity index (χ1) is 8.71. The molecular weight excluding hydrogens is 266 g/mol. The van der Waals surface area contributed by atoms with Gasteiger partial charge < -0.3 is 10.2 Å². The van der Waals surface area contributed by atoms with E-state index in [4.69, 9.17) is 5.14 Å². The molecule has 1 atom stereocenters. The standard InChI is InChI=1S/C12H19N3O3S/c1-9(14-8-12(16)15(2)3)10-4-6-11(7-5-10)19(13,17)18/h4-7,9,14H,8H2,1-3H3,(H2,13,17,18). The van der Waals surface area contributed by atoms with E-state index >= 15 is 0 Å². The van der Waals surface area contributed by atoms with E-state index in [2.05, 4.69) is 5.32 Å². The second-order valence-electron chi connectivity index (χ2n) is 4.50. The summed E-state index contributed by atoms with van der Waals surface area (Å²) in [5.41, 5.74) is 0.888. The van der Waals surface area contributed by atoms with Crippen LogP contribution in [0.3, 0.4) is 0 Å². The lowest BCUT2D eigenvalue weighted by Gasteiger charge is -2.16. The van der Waals surface area contributed by atoms with Crippen molar-refractivity contribution in [3.63, 3.8) is 0 Å². The van der Waals surface area contributed by atoms with Crippen molar-refractivity contribution >= 4 is 15.9 Å². The van der Waals surface area contributed by atoms with Crippen molar-refractivity contribution in [2.24, 2.45) is 5.14 Å². The van der Waals surface area contributed by atoms with E-state index in [0.29, 0.717) is 0 Å². The zero-order valence-electron chi connectivity index (χ0n) is 11.3. The van der Waals surface area contributed by atoms with Crippen LogP contribution >= 0.6 is 0 Å². The van der Waals surface area contributed by atoms with Crippen LogP contribution in [0.4, 0.5) is 0 Å². The van der Waals surface area contributed by atoms with Gasteiger partial charge in [0.15, 0.2) is 0 Å². The largest absolute Gasteiger partial charge is 0.348 e. The van der Waals surface area contributed by atoms with Crippen molar-refractivity contribution in [1.29, 1.82) is 0 Å². The van der Waals surface area contributed by atoms with Crippen LogP contribution in [-0.2, 0) is 14.8 Å². The summed E-state index contributed by atoms with van der Waals surface area (Å²) < 4.78 is 22.2. The quantitative estimate of drug-likeness (QED) is 0.801.